The fourth-order valence-corrected chi connectivity index (χ4v) is 3.85. The first kappa shape index (κ1) is 13.6. The number of benzene rings is 2. The van der Waals surface area contributed by atoms with Crippen molar-refractivity contribution in [3.8, 4) is 5.75 Å². The molecule has 1 aliphatic heterocycles. The van der Waals surface area contributed by atoms with Crippen molar-refractivity contribution in [2.45, 2.75) is 4.90 Å². The lowest BCUT2D eigenvalue weighted by Gasteiger charge is -2.08. The van der Waals surface area contributed by atoms with Crippen LogP contribution in [0.3, 0.4) is 0 Å². The van der Waals surface area contributed by atoms with E-state index in [0.717, 1.165) is 5.41 Å². The van der Waals surface area contributed by atoms with Gasteiger partial charge in [0.25, 0.3) is 0 Å². The molecule has 0 amide bonds. The van der Waals surface area contributed by atoms with E-state index in [-0.39, 0.29) is 17.2 Å². The highest BCUT2D eigenvalue weighted by Gasteiger charge is 2.29. The quantitative estimate of drug-likeness (QED) is 0.885. The highest BCUT2D eigenvalue weighted by Crippen LogP contribution is 2.37. The Kier molecular flexibility index (Phi) is 3.17. The van der Waals surface area contributed by atoms with Crippen molar-refractivity contribution >= 4 is 21.1 Å². The van der Waals surface area contributed by atoms with Crippen LogP contribution in [0.2, 0.25) is 0 Å². The monoisotopic (exact) mass is 305 g/mol. The number of rotatable bonds is 3. The van der Waals surface area contributed by atoms with Crippen LogP contribution < -0.4 is 10.5 Å². The molecule has 0 spiro atoms. The van der Waals surface area contributed by atoms with Crippen LogP contribution in [0.4, 0.5) is 10.1 Å². The molecule has 3 rings (SSSR count). The van der Waals surface area contributed by atoms with Gasteiger partial charge < -0.3 is 10.5 Å². The Morgan fingerprint density at radius 2 is 1.90 bits per heavy atom. The molecule has 0 saturated carbocycles. The van der Waals surface area contributed by atoms with Gasteiger partial charge in [-0.1, -0.05) is 18.2 Å². The molecule has 2 aromatic rings. The van der Waals surface area contributed by atoms with Crippen LogP contribution in [0.5, 0.6) is 5.75 Å². The third kappa shape index (κ3) is 2.50. The summed E-state index contributed by atoms with van der Waals surface area (Å²) in [5.74, 6) is -0.0733. The molecule has 21 heavy (non-hydrogen) atoms. The van der Waals surface area contributed by atoms with Gasteiger partial charge in [0.2, 0.25) is 9.84 Å². The molecule has 0 unspecified atom stereocenters. The van der Waals surface area contributed by atoms with Gasteiger partial charge in [-0.05, 0) is 18.2 Å². The number of ether oxygens (including phenoxy) is 1. The minimum atomic E-state index is -3.54. The van der Waals surface area contributed by atoms with Crippen molar-refractivity contribution in [3.63, 3.8) is 0 Å². The molecule has 6 heteroatoms. The summed E-state index contributed by atoms with van der Waals surface area (Å²) in [4.78, 5) is 0.114. The van der Waals surface area contributed by atoms with E-state index in [4.69, 9.17) is 10.5 Å². The molecule has 1 aliphatic rings. The van der Waals surface area contributed by atoms with Gasteiger partial charge in [0.1, 0.15) is 23.1 Å². The van der Waals surface area contributed by atoms with E-state index in [1.54, 1.807) is 24.3 Å². The Balaban J connectivity index is 1.90. The Morgan fingerprint density at radius 1 is 1.14 bits per heavy atom. The van der Waals surface area contributed by atoms with E-state index in [1.807, 2.05) is 0 Å². The van der Waals surface area contributed by atoms with Crippen LogP contribution in [0.15, 0.2) is 52.8 Å². The smallest absolute Gasteiger partial charge is 0.202 e. The first-order valence-corrected chi connectivity index (χ1v) is 7.75. The summed E-state index contributed by atoms with van der Waals surface area (Å²) in [7, 11) is -3.54. The molecule has 0 aromatic heterocycles. The van der Waals surface area contributed by atoms with Crippen molar-refractivity contribution in [2.24, 2.45) is 0 Å². The van der Waals surface area contributed by atoms with E-state index in [9.17, 15) is 12.8 Å². The summed E-state index contributed by atoms with van der Waals surface area (Å²) >= 11 is 0. The molecule has 0 radical (unpaired) electrons. The summed E-state index contributed by atoms with van der Waals surface area (Å²) in [6.07, 6.45) is 0. The summed E-state index contributed by atoms with van der Waals surface area (Å²) in [6, 6.07) is 10.6. The van der Waals surface area contributed by atoms with Crippen LogP contribution in [0.25, 0.3) is 5.57 Å². The molecule has 0 aliphatic carbocycles. The standard InChI is InChI=1S/C15H12FNO3S/c16-11-3-1-4-12(7-11)20-8-10-9-21(18,19)15-13(10)5-2-6-14(15)17/h1-7,9H,8,17H2. The zero-order valence-corrected chi connectivity index (χ0v) is 11.7. The van der Waals surface area contributed by atoms with Crippen molar-refractivity contribution in [3.05, 3.63) is 59.3 Å². The maximum absolute atomic E-state index is 13.1. The van der Waals surface area contributed by atoms with Crippen molar-refractivity contribution < 1.29 is 17.5 Å². The SMILES string of the molecule is Nc1cccc2c1S(=O)(=O)C=C2COc1cccc(F)c1. The highest BCUT2D eigenvalue weighted by atomic mass is 32.2. The number of anilines is 1. The molecule has 2 N–H and O–H groups in total. The predicted molar refractivity (Wildman–Crippen MR) is 77.9 cm³/mol. The van der Waals surface area contributed by atoms with Crippen LogP contribution in [-0.4, -0.2) is 15.0 Å². The van der Waals surface area contributed by atoms with Gasteiger partial charge in [-0.25, -0.2) is 12.8 Å². The normalized spacial score (nSPS) is 15.4. The van der Waals surface area contributed by atoms with E-state index in [2.05, 4.69) is 0 Å². The molecule has 0 fully saturated rings. The van der Waals surface area contributed by atoms with Crippen LogP contribution in [-0.2, 0) is 9.84 Å². The second-order valence-electron chi connectivity index (χ2n) is 4.66. The zero-order valence-electron chi connectivity index (χ0n) is 10.9. The van der Waals surface area contributed by atoms with Crippen molar-refractivity contribution in [1.82, 2.24) is 0 Å². The van der Waals surface area contributed by atoms with E-state index >= 15 is 0 Å². The van der Waals surface area contributed by atoms with Crippen LogP contribution in [0.1, 0.15) is 5.56 Å². The zero-order chi connectivity index (χ0) is 15.0. The number of hydrogen-bond donors (Lipinski definition) is 1. The second-order valence-corrected chi connectivity index (χ2v) is 6.39. The lowest BCUT2D eigenvalue weighted by atomic mass is 10.1. The molecular formula is C15H12FNO3S. The molecule has 0 bridgehead atoms. The summed E-state index contributed by atoms with van der Waals surface area (Å²) in [5, 5.41) is 1.15. The van der Waals surface area contributed by atoms with Gasteiger partial charge >= 0.3 is 0 Å². The minimum absolute atomic E-state index is 0.0269. The molecular weight excluding hydrogens is 293 g/mol. The van der Waals surface area contributed by atoms with Gasteiger partial charge in [0.05, 0.1) is 5.69 Å². The first-order valence-electron chi connectivity index (χ1n) is 6.20. The average Bonchev–Trinajstić information content (AvgIpc) is 2.69. The number of nitrogen functional groups attached to an aromatic ring is 1. The Labute approximate surface area is 121 Å². The number of hydrogen-bond acceptors (Lipinski definition) is 4. The molecule has 2 aromatic carbocycles. The van der Waals surface area contributed by atoms with Gasteiger partial charge in [-0.2, -0.15) is 0 Å². The third-order valence-corrected chi connectivity index (χ3v) is 4.78. The fourth-order valence-electron chi connectivity index (χ4n) is 2.26. The lowest BCUT2D eigenvalue weighted by Crippen LogP contribution is -2.01. The van der Waals surface area contributed by atoms with Gasteiger partial charge in [0, 0.05) is 22.6 Å². The van der Waals surface area contributed by atoms with E-state index in [1.165, 1.54) is 18.2 Å². The van der Waals surface area contributed by atoms with E-state index in [0.29, 0.717) is 16.9 Å². The molecule has 4 nitrogen and oxygen atoms in total. The van der Waals surface area contributed by atoms with Gasteiger partial charge in [-0.3, -0.25) is 0 Å². The topological polar surface area (TPSA) is 69.4 Å². The summed E-state index contributed by atoms with van der Waals surface area (Å²) < 4.78 is 42.7. The minimum Gasteiger partial charge on any atom is -0.489 e. The number of halogens is 1. The lowest BCUT2D eigenvalue weighted by molar-refractivity contribution is 0.367. The average molecular weight is 305 g/mol. The third-order valence-electron chi connectivity index (χ3n) is 3.16. The number of fused-ring (bicyclic) bond motifs is 1. The molecule has 0 saturated heterocycles. The summed E-state index contributed by atoms with van der Waals surface area (Å²) in [6.45, 7) is 0.0269. The predicted octanol–water partition coefficient (Wildman–Crippen LogP) is 2.62. The van der Waals surface area contributed by atoms with Crippen molar-refractivity contribution in [2.75, 3.05) is 12.3 Å². The maximum atomic E-state index is 13.1. The maximum Gasteiger partial charge on any atom is 0.202 e. The number of nitrogens with two attached hydrogens (primary N) is 1. The Hall–Kier alpha value is -2.34. The number of sulfone groups is 1. The Morgan fingerprint density at radius 3 is 2.67 bits per heavy atom. The van der Waals surface area contributed by atoms with Gasteiger partial charge in [-0.15, -0.1) is 0 Å². The molecule has 1 heterocycles. The second kappa shape index (κ2) is 4.89. The van der Waals surface area contributed by atoms with Crippen molar-refractivity contribution in [1.29, 1.82) is 0 Å². The highest BCUT2D eigenvalue weighted by molar-refractivity contribution is 7.95. The van der Waals surface area contributed by atoms with E-state index < -0.39 is 15.7 Å². The molecule has 108 valence electrons. The largest absolute Gasteiger partial charge is 0.489 e. The van der Waals surface area contributed by atoms with Gasteiger partial charge in [0.15, 0.2) is 0 Å². The molecule has 0 atom stereocenters. The van der Waals surface area contributed by atoms with Crippen LogP contribution in [0, 0.1) is 5.82 Å². The Bertz CT molecular complexity index is 844. The summed E-state index contributed by atoms with van der Waals surface area (Å²) in [5.41, 5.74) is 6.98. The first-order chi connectivity index (χ1) is 9.97. The van der Waals surface area contributed by atoms with Crippen LogP contribution >= 0.6 is 0 Å². The fraction of sp³-hybridized carbons (Fsp3) is 0.0667.